The van der Waals surface area contributed by atoms with E-state index in [0.29, 0.717) is 0 Å². The number of furan rings is 1. The normalized spacial score (nSPS) is 13.7. The molecule has 0 amide bonds. The highest BCUT2D eigenvalue weighted by atomic mass is 16.3. The summed E-state index contributed by atoms with van der Waals surface area (Å²) in [5.74, 6) is 0. The van der Waals surface area contributed by atoms with E-state index in [1.165, 1.54) is 71.4 Å². The minimum atomic E-state index is -0.141. The van der Waals surface area contributed by atoms with E-state index in [0.717, 1.165) is 16.6 Å². The van der Waals surface area contributed by atoms with Gasteiger partial charge in [0.2, 0.25) is 0 Å². The molecular formula is C41H28O. The van der Waals surface area contributed by atoms with Crippen molar-refractivity contribution < 1.29 is 4.42 Å². The topological polar surface area (TPSA) is 13.1 Å². The van der Waals surface area contributed by atoms with E-state index in [2.05, 4.69) is 147 Å². The van der Waals surface area contributed by atoms with Crippen LogP contribution in [0.4, 0.5) is 0 Å². The summed E-state index contributed by atoms with van der Waals surface area (Å²) in [4.78, 5) is 0. The molecule has 1 aromatic heterocycles. The molecular weight excluding hydrogens is 508 g/mol. The summed E-state index contributed by atoms with van der Waals surface area (Å²) in [7, 11) is 0. The fraction of sp³-hybridized carbons (Fsp3) is 0.0732. The van der Waals surface area contributed by atoms with E-state index in [1.807, 2.05) is 0 Å². The van der Waals surface area contributed by atoms with Crippen LogP contribution >= 0.6 is 0 Å². The first-order chi connectivity index (χ1) is 20.6. The van der Waals surface area contributed by atoms with Crippen LogP contribution in [-0.4, -0.2) is 0 Å². The summed E-state index contributed by atoms with van der Waals surface area (Å²) < 4.78 is 6.51. The Morgan fingerprint density at radius 2 is 1.21 bits per heavy atom. The van der Waals surface area contributed by atoms with E-state index in [-0.39, 0.29) is 5.41 Å². The van der Waals surface area contributed by atoms with E-state index in [1.54, 1.807) is 0 Å². The zero-order valence-electron chi connectivity index (χ0n) is 23.6. The second-order valence-corrected chi connectivity index (χ2v) is 12.1. The van der Waals surface area contributed by atoms with Crippen LogP contribution in [0.5, 0.6) is 0 Å². The Morgan fingerprint density at radius 3 is 2.12 bits per heavy atom. The molecule has 42 heavy (non-hydrogen) atoms. The van der Waals surface area contributed by atoms with Crippen molar-refractivity contribution in [1.29, 1.82) is 0 Å². The molecule has 1 aliphatic carbocycles. The average Bonchev–Trinajstić information content (AvgIpc) is 3.54. The maximum Gasteiger partial charge on any atom is 0.143 e. The Morgan fingerprint density at radius 1 is 0.476 bits per heavy atom. The van der Waals surface area contributed by atoms with Gasteiger partial charge < -0.3 is 4.42 Å². The van der Waals surface area contributed by atoms with Crippen LogP contribution in [0.1, 0.15) is 25.0 Å². The van der Waals surface area contributed by atoms with E-state index in [4.69, 9.17) is 4.42 Å². The Hall–Kier alpha value is -5.14. The summed E-state index contributed by atoms with van der Waals surface area (Å²) in [5, 5.41) is 7.36. The zero-order chi connectivity index (χ0) is 28.0. The highest BCUT2D eigenvalue weighted by molar-refractivity contribution is 6.19. The van der Waals surface area contributed by atoms with E-state index in [9.17, 15) is 0 Å². The maximum atomic E-state index is 6.51. The Labute approximate surface area is 244 Å². The van der Waals surface area contributed by atoms with Gasteiger partial charge in [0.15, 0.2) is 0 Å². The molecule has 1 heterocycles. The summed E-state index contributed by atoms with van der Waals surface area (Å²) >= 11 is 0. The van der Waals surface area contributed by atoms with Crippen molar-refractivity contribution in [2.24, 2.45) is 0 Å². The van der Waals surface area contributed by atoms with Crippen molar-refractivity contribution in [3.63, 3.8) is 0 Å². The lowest BCUT2D eigenvalue weighted by Crippen LogP contribution is -2.15. The molecule has 0 fully saturated rings. The second-order valence-electron chi connectivity index (χ2n) is 12.1. The molecule has 1 nitrogen and oxygen atoms in total. The van der Waals surface area contributed by atoms with Gasteiger partial charge in [0.1, 0.15) is 11.2 Å². The first kappa shape index (κ1) is 23.6. The van der Waals surface area contributed by atoms with Gasteiger partial charge >= 0.3 is 0 Å². The van der Waals surface area contributed by atoms with Gasteiger partial charge in [-0.1, -0.05) is 129 Å². The Bertz CT molecular complexity index is 2370. The molecule has 8 aromatic rings. The van der Waals surface area contributed by atoms with Crippen molar-refractivity contribution in [2.45, 2.75) is 19.3 Å². The smallest absolute Gasteiger partial charge is 0.143 e. The van der Waals surface area contributed by atoms with Crippen molar-refractivity contribution in [3.05, 3.63) is 145 Å². The predicted molar refractivity (Wildman–Crippen MR) is 177 cm³/mol. The number of hydrogen-bond donors (Lipinski definition) is 0. The van der Waals surface area contributed by atoms with Crippen LogP contribution in [-0.2, 0) is 5.41 Å². The standard InChI is InChI=1S/C41H28O/c1-41(2)36-24-27(29-15-9-17-37-38(29)35-21-18-26-12-6-7-13-30(26)40(35)42-37)19-20-32(36)34-23-22-31-28(25-10-4-3-5-11-25)14-8-16-33(31)39(34)41/h3-24H,1-2H3. The van der Waals surface area contributed by atoms with Crippen LogP contribution in [0.15, 0.2) is 138 Å². The molecule has 9 rings (SSSR count). The van der Waals surface area contributed by atoms with Gasteiger partial charge in [-0.05, 0) is 78.9 Å². The maximum absolute atomic E-state index is 6.51. The molecule has 0 unspecified atom stereocenters. The SMILES string of the molecule is CC1(C)c2cc(-c3cccc4oc5c6ccccc6ccc5c34)ccc2-c2ccc3c(-c4ccccc4)cccc3c21. The quantitative estimate of drug-likeness (QED) is 0.214. The van der Waals surface area contributed by atoms with Crippen LogP contribution in [0.25, 0.3) is 76.9 Å². The molecule has 7 aromatic carbocycles. The number of benzene rings is 7. The summed E-state index contributed by atoms with van der Waals surface area (Å²) in [6.07, 6.45) is 0. The van der Waals surface area contributed by atoms with Gasteiger partial charge in [-0.15, -0.1) is 0 Å². The third kappa shape index (κ3) is 3.14. The number of fused-ring (bicyclic) bond motifs is 10. The van der Waals surface area contributed by atoms with Crippen molar-refractivity contribution in [2.75, 3.05) is 0 Å². The minimum Gasteiger partial charge on any atom is -0.455 e. The Kier molecular flexibility index (Phi) is 4.73. The van der Waals surface area contributed by atoms with Crippen molar-refractivity contribution in [1.82, 2.24) is 0 Å². The lowest BCUT2D eigenvalue weighted by molar-refractivity contribution is 0.666. The summed E-state index contributed by atoms with van der Waals surface area (Å²) in [6, 6.07) is 48.6. The molecule has 0 bridgehead atoms. The third-order valence-corrected chi connectivity index (χ3v) is 9.45. The molecule has 0 atom stereocenters. The van der Waals surface area contributed by atoms with Gasteiger partial charge in [-0.3, -0.25) is 0 Å². The minimum absolute atomic E-state index is 0.141. The highest BCUT2D eigenvalue weighted by Crippen LogP contribution is 2.53. The first-order valence-electron chi connectivity index (χ1n) is 14.7. The monoisotopic (exact) mass is 536 g/mol. The van der Waals surface area contributed by atoms with Crippen molar-refractivity contribution >= 4 is 43.5 Å². The third-order valence-electron chi connectivity index (χ3n) is 9.45. The Balaban J connectivity index is 1.25. The highest BCUT2D eigenvalue weighted by Gasteiger charge is 2.37. The van der Waals surface area contributed by atoms with Crippen LogP contribution in [0, 0.1) is 0 Å². The summed E-state index contributed by atoms with van der Waals surface area (Å²) in [6.45, 7) is 4.77. The lowest BCUT2D eigenvalue weighted by atomic mass is 9.79. The van der Waals surface area contributed by atoms with Gasteiger partial charge in [0.05, 0.1) is 0 Å². The molecule has 0 radical (unpaired) electrons. The lowest BCUT2D eigenvalue weighted by Gasteiger charge is -2.24. The number of hydrogen-bond acceptors (Lipinski definition) is 1. The predicted octanol–water partition coefficient (Wildman–Crippen LogP) is 11.5. The molecule has 0 aliphatic heterocycles. The fourth-order valence-electron chi connectivity index (χ4n) is 7.52. The first-order valence-corrected chi connectivity index (χ1v) is 14.7. The van der Waals surface area contributed by atoms with Crippen LogP contribution < -0.4 is 0 Å². The molecule has 1 heteroatoms. The molecule has 0 saturated carbocycles. The molecule has 1 aliphatic rings. The van der Waals surface area contributed by atoms with Gasteiger partial charge in [0.25, 0.3) is 0 Å². The summed E-state index contributed by atoms with van der Waals surface area (Å²) in [5.41, 5.74) is 12.2. The van der Waals surface area contributed by atoms with Gasteiger partial charge in [-0.2, -0.15) is 0 Å². The van der Waals surface area contributed by atoms with E-state index < -0.39 is 0 Å². The number of rotatable bonds is 2. The van der Waals surface area contributed by atoms with Crippen molar-refractivity contribution in [3.8, 4) is 33.4 Å². The zero-order valence-corrected chi connectivity index (χ0v) is 23.6. The van der Waals surface area contributed by atoms with Gasteiger partial charge in [0, 0.05) is 21.6 Å². The van der Waals surface area contributed by atoms with Gasteiger partial charge in [-0.25, -0.2) is 0 Å². The van der Waals surface area contributed by atoms with Crippen LogP contribution in [0.3, 0.4) is 0 Å². The molecule has 0 saturated heterocycles. The molecule has 198 valence electrons. The molecule has 0 N–H and O–H groups in total. The molecule has 0 spiro atoms. The van der Waals surface area contributed by atoms with Crippen LogP contribution in [0.2, 0.25) is 0 Å². The second kappa shape index (κ2) is 8.44. The van der Waals surface area contributed by atoms with E-state index >= 15 is 0 Å². The largest absolute Gasteiger partial charge is 0.455 e. The average molecular weight is 537 g/mol. The fourth-order valence-corrected chi connectivity index (χ4v) is 7.52.